The van der Waals surface area contributed by atoms with E-state index in [1.165, 1.54) is 4.90 Å². The van der Waals surface area contributed by atoms with E-state index in [4.69, 9.17) is 9.47 Å². The molecule has 1 amide bonds. The molecule has 0 aliphatic carbocycles. The standard InChI is InChI=1S/C18H28N4O3/c1-7-10-19-18(20-12-17(23)22(3)4)21-13(2)15-11-14(24-5)8-9-16(15)25-6/h7-9,11,13H,1,10,12H2,2-6H3,(H2,19,20,21). The summed E-state index contributed by atoms with van der Waals surface area (Å²) in [5, 5.41) is 6.38. The van der Waals surface area contributed by atoms with Gasteiger partial charge in [0.1, 0.15) is 18.0 Å². The molecule has 0 fully saturated rings. The van der Waals surface area contributed by atoms with E-state index in [9.17, 15) is 4.79 Å². The first-order valence-electron chi connectivity index (χ1n) is 8.00. The molecule has 0 aliphatic heterocycles. The van der Waals surface area contributed by atoms with E-state index in [1.807, 2.05) is 25.1 Å². The van der Waals surface area contributed by atoms with Gasteiger partial charge in [-0.1, -0.05) is 6.08 Å². The zero-order chi connectivity index (χ0) is 18.8. The van der Waals surface area contributed by atoms with Gasteiger partial charge in [0.2, 0.25) is 5.91 Å². The SMILES string of the molecule is C=CCNC(=NCC(=O)N(C)C)NC(C)c1cc(OC)ccc1OC. The van der Waals surface area contributed by atoms with Crippen LogP contribution in [0, 0.1) is 0 Å². The highest BCUT2D eigenvalue weighted by Gasteiger charge is 2.15. The van der Waals surface area contributed by atoms with Crippen molar-refractivity contribution in [1.29, 1.82) is 0 Å². The Balaban J connectivity index is 2.97. The smallest absolute Gasteiger partial charge is 0.243 e. The Morgan fingerprint density at radius 3 is 2.64 bits per heavy atom. The molecule has 0 radical (unpaired) electrons. The van der Waals surface area contributed by atoms with Crippen molar-refractivity contribution in [2.45, 2.75) is 13.0 Å². The predicted octanol–water partition coefficient (Wildman–Crippen LogP) is 1.57. The van der Waals surface area contributed by atoms with E-state index >= 15 is 0 Å². The molecule has 0 heterocycles. The number of hydrogen-bond acceptors (Lipinski definition) is 4. The molecule has 138 valence electrons. The minimum Gasteiger partial charge on any atom is -0.497 e. The van der Waals surface area contributed by atoms with Gasteiger partial charge in [0, 0.05) is 26.2 Å². The molecule has 7 nitrogen and oxygen atoms in total. The third kappa shape index (κ3) is 6.37. The summed E-state index contributed by atoms with van der Waals surface area (Å²) in [5.74, 6) is 1.93. The number of rotatable bonds is 8. The first-order chi connectivity index (χ1) is 11.9. The van der Waals surface area contributed by atoms with Crippen LogP contribution in [0.5, 0.6) is 11.5 Å². The zero-order valence-corrected chi connectivity index (χ0v) is 15.6. The van der Waals surface area contributed by atoms with Gasteiger partial charge < -0.3 is 25.0 Å². The second-order valence-electron chi connectivity index (χ2n) is 5.60. The van der Waals surface area contributed by atoms with Crippen LogP contribution in [0.2, 0.25) is 0 Å². The minimum absolute atomic E-state index is 0.0570. The third-order valence-electron chi connectivity index (χ3n) is 3.54. The fraction of sp³-hybridized carbons (Fsp3) is 0.444. The number of methoxy groups -OCH3 is 2. The predicted molar refractivity (Wildman–Crippen MR) is 100 cm³/mol. The maximum atomic E-state index is 11.8. The highest BCUT2D eigenvalue weighted by molar-refractivity contribution is 5.85. The number of carbonyl (C=O) groups excluding carboxylic acids is 1. The van der Waals surface area contributed by atoms with Gasteiger partial charge in [0.05, 0.1) is 20.3 Å². The Labute approximate surface area is 149 Å². The molecule has 0 bridgehead atoms. The minimum atomic E-state index is -0.115. The number of carbonyl (C=O) groups is 1. The van der Waals surface area contributed by atoms with E-state index in [0.29, 0.717) is 12.5 Å². The van der Waals surface area contributed by atoms with Crippen LogP contribution < -0.4 is 20.1 Å². The summed E-state index contributed by atoms with van der Waals surface area (Å²) in [6.07, 6.45) is 1.72. The molecule has 0 saturated carbocycles. The molecule has 1 rings (SSSR count). The molecule has 1 aromatic carbocycles. The van der Waals surface area contributed by atoms with Gasteiger partial charge >= 0.3 is 0 Å². The first kappa shape index (κ1) is 20.3. The van der Waals surface area contributed by atoms with E-state index in [-0.39, 0.29) is 18.5 Å². The monoisotopic (exact) mass is 348 g/mol. The van der Waals surface area contributed by atoms with Gasteiger partial charge in [-0.2, -0.15) is 0 Å². The molecule has 2 N–H and O–H groups in total. The van der Waals surface area contributed by atoms with Gasteiger partial charge in [0.25, 0.3) is 0 Å². The Morgan fingerprint density at radius 2 is 2.08 bits per heavy atom. The van der Waals surface area contributed by atoms with Crippen molar-refractivity contribution in [3.8, 4) is 11.5 Å². The summed E-state index contributed by atoms with van der Waals surface area (Å²) in [5.41, 5.74) is 0.925. The highest BCUT2D eigenvalue weighted by atomic mass is 16.5. The Bertz CT molecular complexity index is 614. The van der Waals surface area contributed by atoms with Crippen LogP contribution in [0.15, 0.2) is 35.8 Å². The lowest BCUT2D eigenvalue weighted by Gasteiger charge is -2.21. The summed E-state index contributed by atoms with van der Waals surface area (Å²) in [6, 6.07) is 5.49. The second-order valence-corrected chi connectivity index (χ2v) is 5.60. The van der Waals surface area contributed by atoms with Crippen LogP contribution in [0.25, 0.3) is 0 Å². The van der Waals surface area contributed by atoms with Crippen molar-refractivity contribution in [1.82, 2.24) is 15.5 Å². The summed E-state index contributed by atoms with van der Waals surface area (Å²) < 4.78 is 10.7. The van der Waals surface area contributed by atoms with Crippen LogP contribution in [-0.2, 0) is 4.79 Å². The number of hydrogen-bond donors (Lipinski definition) is 2. The lowest BCUT2D eigenvalue weighted by molar-refractivity contribution is -0.127. The molecule has 0 spiro atoms. The van der Waals surface area contributed by atoms with Crippen molar-refractivity contribution in [2.24, 2.45) is 4.99 Å². The number of nitrogens with zero attached hydrogens (tertiary/aromatic N) is 2. The molecule has 0 aromatic heterocycles. The topological polar surface area (TPSA) is 75.2 Å². The zero-order valence-electron chi connectivity index (χ0n) is 15.6. The first-order valence-corrected chi connectivity index (χ1v) is 8.00. The van der Waals surface area contributed by atoms with Gasteiger partial charge in [-0.3, -0.25) is 4.79 Å². The van der Waals surface area contributed by atoms with E-state index < -0.39 is 0 Å². The van der Waals surface area contributed by atoms with Crippen LogP contribution in [0.4, 0.5) is 0 Å². The molecule has 1 aromatic rings. The van der Waals surface area contributed by atoms with Gasteiger partial charge in [-0.25, -0.2) is 4.99 Å². The molecular weight excluding hydrogens is 320 g/mol. The van der Waals surface area contributed by atoms with Crippen LogP contribution in [0.1, 0.15) is 18.5 Å². The van der Waals surface area contributed by atoms with Crippen molar-refractivity contribution < 1.29 is 14.3 Å². The van der Waals surface area contributed by atoms with Gasteiger partial charge in [0.15, 0.2) is 5.96 Å². The van der Waals surface area contributed by atoms with Gasteiger partial charge in [-0.05, 0) is 25.1 Å². The quantitative estimate of drug-likeness (QED) is 0.424. The van der Waals surface area contributed by atoms with Crippen LogP contribution >= 0.6 is 0 Å². The molecule has 1 unspecified atom stereocenters. The summed E-state index contributed by atoms with van der Waals surface area (Å²) >= 11 is 0. The number of ether oxygens (including phenoxy) is 2. The van der Waals surface area contributed by atoms with E-state index in [0.717, 1.165) is 17.1 Å². The van der Waals surface area contributed by atoms with E-state index in [2.05, 4.69) is 22.2 Å². The molecular formula is C18H28N4O3. The molecule has 1 atom stereocenters. The summed E-state index contributed by atoms with van der Waals surface area (Å²) in [6.45, 7) is 6.26. The largest absolute Gasteiger partial charge is 0.497 e. The van der Waals surface area contributed by atoms with Crippen LogP contribution in [0.3, 0.4) is 0 Å². The lowest BCUT2D eigenvalue weighted by atomic mass is 10.1. The van der Waals surface area contributed by atoms with E-state index in [1.54, 1.807) is 34.4 Å². The van der Waals surface area contributed by atoms with Crippen molar-refractivity contribution in [3.63, 3.8) is 0 Å². The molecule has 0 saturated heterocycles. The normalized spacial score (nSPS) is 12.1. The number of amides is 1. The van der Waals surface area contributed by atoms with Crippen LogP contribution in [-0.4, -0.2) is 58.2 Å². The fourth-order valence-electron chi connectivity index (χ4n) is 2.07. The number of aliphatic imine (C=N–C) groups is 1. The average Bonchev–Trinajstić information content (AvgIpc) is 2.62. The number of benzene rings is 1. The Kier molecular flexibility index (Phi) is 8.32. The lowest BCUT2D eigenvalue weighted by Crippen LogP contribution is -2.40. The fourth-order valence-corrected chi connectivity index (χ4v) is 2.07. The molecule has 7 heteroatoms. The van der Waals surface area contributed by atoms with Crippen molar-refractivity contribution in [2.75, 3.05) is 41.4 Å². The highest BCUT2D eigenvalue weighted by Crippen LogP contribution is 2.29. The molecule has 0 aliphatic rings. The maximum Gasteiger partial charge on any atom is 0.243 e. The Morgan fingerprint density at radius 1 is 1.36 bits per heavy atom. The summed E-state index contributed by atoms with van der Waals surface area (Å²) in [4.78, 5) is 17.6. The molecule has 25 heavy (non-hydrogen) atoms. The number of guanidine groups is 1. The second kappa shape index (κ2) is 10.2. The summed E-state index contributed by atoms with van der Waals surface area (Å²) in [7, 11) is 6.64. The van der Waals surface area contributed by atoms with Gasteiger partial charge in [-0.15, -0.1) is 6.58 Å². The average molecular weight is 348 g/mol. The van der Waals surface area contributed by atoms with Crippen molar-refractivity contribution in [3.05, 3.63) is 36.4 Å². The third-order valence-corrected chi connectivity index (χ3v) is 3.54. The number of nitrogens with one attached hydrogen (secondary N) is 2. The van der Waals surface area contributed by atoms with Crippen molar-refractivity contribution >= 4 is 11.9 Å². The number of likely N-dealkylation sites (N-methyl/N-ethyl adjacent to an activating group) is 1. The Hall–Kier alpha value is -2.70. The maximum absolute atomic E-state index is 11.8.